The number of hydrogen-bond donors (Lipinski definition) is 3. The summed E-state index contributed by atoms with van der Waals surface area (Å²) in [6.07, 6.45) is -5.67. The van der Waals surface area contributed by atoms with Gasteiger partial charge >= 0.3 is 6.18 Å². The number of halogens is 3. The van der Waals surface area contributed by atoms with Gasteiger partial charge in [0, 0.05) is 19.6 Å². The number of thiazole rings is 1. The fourth-order valence-corrected chi connectivity index (χ4v) is 4.95. The molecule has 0 radical (unpaired) electrons. The van der Waals surface area contributed by atoms with Crippen LogP contribution < -0.4 is 15.5 Å². The third-order valence-corrected chi connectivity index (χ3v) is 6.44. The fraction of sp³-hybridized carbons (Fsp3) is 0.450. The minimum Gasteiger partial charge on any atom is -0.395 e. The highest BCUT2D eigenvalue weighted by Gasteiger charge is 2.50. The number of aliphatic hydroxyl groups is 1. The van der Waals surface area contributed by atoms with Crippen LogP contribution in [0.25, 0.3) is 0 Å². The zero-order valence-electron chi connectivity index (χ0n) is 16.9. The maximum atomic E-state index is 13.5. The van der Waals surface area contributed by atoms with Gasteiger partial charge in [0.05, 0.1) is 6.61 Å². The van der Waals surface area contributed by atoms with Gasteiger partial charge in [0.2, 0.25) is 12.1 Å². The number of β-amino-alcohol motifs (C(OH)–C–C–N with tert-alkyl or cyclic N) is 1. The van der Waals surface area contributed by atoms with E-state index in [9.17, 15) is 22.8 Å². The van der Waals surface area contributed by atoms with Crippen molar-refractivity contribution in [3.63, 3.8) is 0 Å². The first-order chi connectivity index (χ1) is 15.3. The van der Waals surface area contributed by atoms with Crippen LogP contribution >= 0.6 is 11.3 Å². The number of anilines is 2. The second kappa shape index (κ2) is 8.94. The zero-order valence-corrected chi connectivity index (χ0v) is 17.7. The first-order valence-electron chi connectivity index (χ1n) is 10.1. The SMILES string of the molecule is O=C(NCc1ccccc1)[C@H]1CCCN1c1nc2c(s1)NC(C(F)(F)F)N(CCO)C2=O. The van der Waals surface area contributed by atoms with Crippen LogP contribution in [0.3, 0.4) is 0 Å². The summed E-state index contributed by atoms with van der Waals surface area (Å²) < 4.78 is 40.4. The molecule has 2 aromatic rings. The third-order valence-electron chi connectivity index (χ3n) is 5.42. The smallest absolute Gasteiger partial charge is 0.395 e. The van der Waals surface area contributed by atoms with Crippen molar-refractivity contribution in [1.82, 2.24) is 15.2 Å². The van der Waals surface area contributed by atoms with E-state index in [1.807, 2.05) is 30.3 Å². The molecule has 0 bridgehead atoms. The third kappa shape index (κ3) is 4.37. The Labute approximate surface area is 186 Å². The van der Waals surface area contributed by atoms with Crippen molar-refractivity contribution < 1.29 is 27.9 Å². The highest BCUT2D eigenvalue weighted by Crippen LogP contribution is 2.40. The van der Waals surface area contributed by atoms with Crippen LogP contribution in [0.4, 0.5) is 23.3 Å². The van der Waals surface area contributed by atoms with Crippen molar-refractivity contribution in [3.8, 4) is 0 Å². The van der Waals surface area contributed by atoms with Gasteiger partial charge in [-0.15, -0.1) is 0 Å². The molecule has 1 aromatic heterocycles. The van der Waals surface area contributed by atoms with Crippen LogP contribution in [0.15, 0.2) is 30.3 Å². The van der Waals surface area contributed by atoms with E-state index in [0.717, 1.165) is 23.3 Å². The quantitative estimate of drug-likeness (QED) is 0.600. The number of nitrogens with zero attached hydrogens (tertiary/aromatic N) is 3. The van der Waals surface area contributed by atoms with Crippen LogP contribution in [0.1, 0.15) is 28.9 Å². The number of fused-ring (bicyclic) bond motifs is 1. The summed E-state index contributed by atoms with van der Waals surface area (Å²) in [5, 5.41) is 14.7. The summed E-state index contributed by atoms with van der Waals surface area (Å²) >= 11 is 0.926. The Hall–Kier alpha value is -2.86. The van der Waals surface area contributed by atoms with E-state index < -0.39 is 37.4 Å². The number of amides is 2. The Kier molecular flexibility index (Phi) is 6.24. The van der Waals surface area contributed by atoms with Crippen LogP contribution in [-0.2, 0) is 11.3 Å². The highest BCUT2D eigenvalue weighted by molar-refractivity contribution is 7.20. The first-order valence-corrected chi connectivity index (χ1v) is 11.0. The average Bonchev–Trinajstić information content (AvgIpc) is 3.41. The van der Waals surface area contributed by atoms with Gasteiger partial charge in [-0.1, -0.05) is 41.7 Å². The monoisotopic (exact) mass is 469 g/mol. The van der Waals surface area contributed by atoms with Gasteiger partial charge in [-0.25, -0.2) is 4.98 Å². The van der Waals surface area contributed by atoms with E-state index in [1.165, 1.54) is 0 Å². The summed E-state index contributed by atoms with van der Waals surface area (Å²) in [6.45, 7) is -0.215. The zero-order chi connectivity index (χ0) is 22.9. The van der Waals surface area contributed by atoms with Gasteiger partial charge in [-0.3, -0.25) is 9.59 Å². The first kappa shape index (κ1) is 22.3. The molecule has 0 saturated carbocycles. The van der Waals surface area contributed by atoms with E-state index >= 15 is 0 Å². The minimum absolute atomic E-state index is 0.0110. The normalized spacial score (nSPS) is 20.8. The van der Waals surface area contributed by atoms with Gasteiger partial charge in [0.1, 0.15) is 11.0 Å². The predicted molar refractivity (Wildman–Crippen MR) is 112 cm³/mol. The van der Waals surface area contributed by atoms with Crippen molar-refractivity contribution >= 4 is 33.3 Å². The molecule has 1 unspecified atom stereocenters. The number of aromatic nitrogens is 1. The number of carbonyl (C=O) groups is 2. The van der Waals surface area contributed by atoms with Crippen molar-refractivity contribution in [1.29, 1.82) is 0 Å². The van der Waals surface area contributed by atoms with E-state index in [1.54, 1.807) is 4.90 Å². The Morgan fingerprint density at radius 2 is 2.06 bits per heavy atom. The van der Waals surface area contributed by atoms with Gasteiger partial charge in [0.15, 0.2) is 10.8 Å². The lowest BCUT2D eigenvalue weighted by Crippen LogP contribution is -2.56. The minimum atomic E-state index is -4.72. The van der Waals surface area contributed by atoms with Gasteiger partial charge in [-0.05, 0) is 18.4 Å². The summed E-state index contributed by atoms with van der Waals surface area (Å²) in [4.78, 5) is 32.0. The molecule has 1 fully saturated rings. The van der Waals surface area contributed by atoms with E-state index in [-0.39, 0.29) is 16.6 Å². The topological polar surface area (TPSA) is 97.8 Å². The Morgan fingerprint density at radius 3 is 2.75 bits per heavy atom. The molecule has 8 nitrogen and oxygen atoms in total. The van der Waals surface area contributed by atoms with Crippen molar-refractivity contribution in [2.24, 2.45) is 0 Å². The van der Waals surface area contributed by atoms with E-state index in [4.69, 9.17) is 5.11 Å². The number of aliphatic hydroxyl groups excluding tert-OH is 1. The molecular formula is C20H22F3N5O3S. The summed E-state index contributed by atoms with van der Waals surface area (Å²) in [7, 11) is 0. The second-order valence-electron chi connectivity index (χ2n) is 7.54. The second-order valence-corrected chi connectivity index (χ2v) is 8.52. The lowest BCUT2D eigenvalue weighted by atomic mass is 10.2. The van der Waals surface area contributed by atoms with Crippen molar-refractivity contribution in [3.05, 3.63) is 41.6 Å². The molecule has 0 aliphatic carbocycles. The largest absolute Gasteiger partial charge is 0.427 e. The predicted octanol–water partition coefficient (Wildman–Crippen LogP) is 2.18. The van der Waals surface area contributed by atoms with Gasteiger partial charge < -0.3 is 25.5 Å². The number of benzene rings is 1. The molecule has 172 valence electrons. The summed E-state index contributed by atoms with van der Waals surface area (Å²) in [6, 6.07) is 8.91. The van der Waals surface area contributed by atoms with Crippen molar-refractivity contribution in [2.75, 3.05) is 29.9 Å². The van der Waals surface area contributed by atoms with Crippen LogP contribution in [0, 0.1) is 0 Å². The Morgan fingerprint density at radius 1 is 1.31 bits per heavy atom. The van der Waals surface area contributed by atoms with Crippen LogP contribution in [0.5, 0.6) is 0 Å². The maximum Gasteiger partial charge on any atom is 0.427 e. The molecule has 2 atom stereocenters. The molecule has 1 aromatic carbocycles. The van der Waals surface area contributed by atoms with Gasteiger partial charge in [-0.2, -0.15) is 13.2 Å². The molecule has 2 aliphatic heterocycles. The molecule has 12 heteroatoms. The highest BCUT2D eigenvalue weighted by atomic mass is 32.1. The molecule has 1 saturated heterocycles. The molecule has 3 heterocycles. The molecule has 2 amide bonds. The number of hydrogen-bond acceptors (Lipinski definition) is 7. The standard InChI is InChI=1S/C20H22F3N5O3S/c21-20(22,23)18-26-16-14(17(31)28(18)9-10-29)25-19(32-16)27-8-4-7-13(27)15(30)24-11-12-5-2-1-3-6-12/h1-3,5-6,13,18,26,29H,4,7-11H2,(H,24,30)/t13-,18?/m1/s1. The molecular weight excluding hydrogens is 447 g/mol. The van der Waals surface area contributed by atoms with Gasteiger partial charge in [0.25, 0.3) is 5.91 Å². The summed E-state index contributed by atoms with van der Waals surface area (Å²) in [5.41, 5.74) is 0.821. The molecule has 2 aliphatic rings. The van der Waals surface area contributed by atoms with E-state index in [2.05, 4.69) is 15.6 Å². The molecule has 32 heavy (non-hydrogen) atoms. The maximum absolute atomic E-state index is 13.5. The van der Waals surface area contributed by atoms with Crippen molar-refractivity contribution in [2.45, 2.75) is 37.8 Å². The molecule has 4 rings (SSSR count). The molecule has 3 N–H and O–H groups in total. The molecule has 0 spiro atoms. The summed E-state index contributed by atoms with van der Waals surface area (Å²) in [5.74, 6) is -1.10. The van der Waals surface area contributed by atoms with Crippen LogP contribution in [-0.4, -0.2) is 64.9 Å². The lowest BCUT2D eigenvalue weighted by Gasteiger charge is -2.36. The average molecular weight is 469 g/mol. The Bertz CT molecular complexity index is 985. The van der Waals surface area contributed by atoms with E-state index in [0.29, 0.717) is 29.5 Å². The lowest BCUT2D eigenvalue weighted by molar-refractivity contribution is -0.170. The number of nitrogens with one attached hydrogen (secondary N) is 2. The fourth-order valence-electron chi connectivity index (χ4n) is 3.90. The van der Waals surface area contributed by atoms with Crippen LogP contribution in [0.2, 0.25) is 0 Å². The number of carbonyl (C=O) groups excluding carboxylic acids is 2. The number of alkyl halides is 3. The number of rotatable bonds is 6. The Balaban J connectivity index is 1.53.